The molecule has 0 fully saturated rings. The van der Waals surface area contributed by atoms with Crippen LogP contribution in [0.5, 0.6) is 0 Å². The lowest BCUT2D eigenvalue weighted by atomic mass is 10.0. The lowest BCUT2D eigenvalue weighted by Crippen LogP contribution is -2.24. The van der Waals surface area contributed by atoms with Gasteiger partial charge in [0.15, 0.2) is 0 Å². The van der Waals surface area contributed by atoms with E-state index in [1.54, 1.807) is 0 Å². The normalized spacial score (nSPS) is 13.5. The van der Waals surface area contributed by atoms with E-state index < -0.39 is 0 Å². The number of hydrogen-bond donors (Lipinski definition) is 1. The topological polar surface area (TPSA) is 35.8 Å². The van der Waals surface area contributed by atoms with E-state index in [9.17, 15) is 5.26 Å². The number of hydrogen-bond acceptors (Lipinski definition) is 2. The summed E-state index contributed by atoms with van der Waals surface area (Å²) >= 11 is 0. The van der Waals surface area contributed by atoms with Crippen LogP contribution in [0, 0.1) is 18.3 Å². The third kappa shape index (κ3) is 3.21. The maximum atomic E-state index is 9.39. The summed E-state index contributed by atoms with van der Waals surface area (Å²) in [5.41, 5.74) is 3.38. The van der Waals surface area contributed by atoms with Crippen molar-refractivity contribution in [2.75, 3.05) is 0 Å². The molecule has 19 heavy (non-hydrogen) atoms. The van der Waals surface area contributed by atoms with Gasteiger partial charge in [-0.3, -0.25) is 5.32 Å². The van der Waals surface area contributed by atoms with Crippen LogP contribution >= 0.6 is 0 Å². The number of rotatable bonds is 4. The molecule has 0 bridgehead atoms. The van der Waals surface area contributed by atoms with Crippen LogP contribution in [0.15, 0.2) is 54.6 Å². The number of nitriles is 1. The fourth-order valence-electron chi connectivity index (χ4n) is 2.20. The van der Waals surface area contributed by atoms with E-state index in [-0.39, 0.29) is 12.1 Å². The lowest BCUT2D eigenvalue weighted by molar-refractivity contribution is 0.532. The van der Waals surface area contributed by atoms with Crippen molar-refractivity contribution in [1.29, 1.82) is 5.26 Å². The van der Waals surface area contributed by atoms with Crippen molar-refractivity contribution < 1.29 is 0 Å². The van der Waals surface area contributed by atoms with Gasteiger partial charge in [0.25, 0.3) is 0 Å². The maximum absolute atomic E-state index is 9.39. The Balaban J connectivity index is 2.17. The molecule has 2 rings (SSSR count). The Morgan fingerprint density at radius 3 is 2.26 bits per heavy atom. The Morgan fingerprint density at radius 1 is 1.00 bits per heavy atom. The zero-order valence-electron chi connectivity index (χ0n) is 11.3. The quantitative estimate of drug-likeness (QED) is 0.893. The maximum Gasteiger partial charge on any atom is 0.122 e. The molecule has 2 aromatic rings. The van der Waals surface area contributed by atoms with Crippen LogP contribution in [-0.2, 0) is 0 Å². The zero-order valence-corrected chi connectivity index (χ0v) is 11.3. The summed E-state index contributed by atoms with van der Waals surface area (Å²) in [6.45, 7) is 4.12. The molecule has 0 aromatic heterocycles. The van der Waals surface area contributed by atoms with Gasteiger partial charge in [-0.05, 0) is 30.5 Å². The molecule has 2 nitrogen and oxygen atoms in total. The predicted octanol–water partition coefficient (Wildman–Crippen LogP) is 3.91. The van der Waals surface area contributed by atoms with Crippen molar-refractivity contribution in [2.45, 2.75) is 25.9 Å². The summed E-state index contributed by atoms with van der Waals surface area (Å²) in [4.78, 5) is 0. The standard InChI is InChI=1S/C17H18N2/c1-13-8-6-7-11-16(13)17(12-18)19-14(2)15-9-4-3-5-10-15/h3-11,14,17,19H,1-2H3. The van der Waals surface area contributed by atoms with Gasteiger partial charge in [0.1, 0.15) is 6.04 Å². The molecule has 0 aliphatic rings. The lowest BCUT2D eigenvalue weighted by Gasteiger charge is -2.20. The highest BCUT2D eigenvalue weighted by Gasteiger charge is 2.15. The van der Waals surface area contributed by atoms with Gasteiger partial charge >= 0.3 is 0 Å². The first-order chi connectivity index (χ1) is 9.22. The number of nitrogens with zero attached hydrogens (tertiary/aromatic N) is 1. The molecule has 1 N–H and O–H groups in total. The molecule has 0 saturated heterocycles. The molecule has 2 atom stereocenters. The fraction of sp³-hybridized carbons (Fsp3) is 0.235. The second-order valence-electron chi connectivity index (χ2n) is 4.72. The van der Waals surface area contributed by atoms with Gasteiger partial charge in [-0.1, -0.05) is 54.6 Å². The summed E-state index contributed by atoms with van der Waals surface area (Å²) in [7, 11) is 0. The van der Waals surface area contributed by atoms with E-state index in [1.807, 2.05) is 49.4 Å². The Morgan fingerprint density at radius 2 is 1.63 bits per heavy atom. The smallest absolute Gasteiger partial charge is 0.122 e. The number of benzene rings is 2. The largest absolute Gasteiger partial charge is 0.292 e. The molecule has 0 aliphatic heterocycles. The van der Waals surface area contributed by atoms with Crippen LogP contribution in [0.1, 0.15) is 35.7 Å². The first-order valence-corrected chi connectivity index (χ1v) is 6.48. The highest BCUT2D eigenvalue weighted by Crippen LogP contribution is 2.21. The van der Waals surface area contributed by atoms with Crippen LogP contribution in [0.4, 0.5) is 0 Å². The fourth-order valence-corrected chi connectivity index (χ4v) is 2.20. The summed E-state index contributed by atoms with van der Waals surface area (Å²) in [6.07, 6.45) is 0. The van der Waals surface area contributed by atoms with Crippen molar-refractivity contribution in [3.8, 4) is 6.07 Å². The Labute approximate surface area is 114 Å². The summed E-state index contributed by atoms with van der Waals surface area (Å²) < 4.78 is 0. The first kappa shape index (κ1) is 13.3. The summed E-state index contributed by atoms with van der Waals surface area (Å²) in [5.74, 6) is 0. The summed E-state index contributed by atoms with van der Waals surface area (Å²) in [5, 5.41) is 12.8. The monoisotopic (exact) mass is 250 g/mol. The van der Waals surface area contributed by atoms with Crippen LogP contribution in [0.3, 0.4) is 0 Å². The van der Waals surface area contributed by atoms with Gasteiger partial charge in [0, 0.05) is 6.04 Å². The molecule has 0 heterocycles. The highest BCUT2D eigenvalue weighted by atomic mass is 14.9. The van der Waals surface area contributed by atoms with E-state index in [2.05, 4.69) is 30.4 Å². The number of aryl methyl sites for hydroxylation is 1. The van der Waals surface area contributed by atoms with E-state index in [1.165, 1.54) is 5.56 Å². The molecule has 0 amide bonds. The second kappa shape index (κ2) is 6.17. The van der Waals surface area contributed by atoms with Crippen LogP contribution in [0.2, 0.25) is 0 Å². The highest BCUT2D eigenvalue weighted by molar-refractivity contribution is 5.32. The molecule has 2 unspecified atom stereocenters. The van der Waals surface area contributed by atoms with Crippen molar-refractivity contribution in [3.05, 3.63) is 71.3 Å². The Kier molecular flexibility index (Phi) is 4.33. The van der Waals surface area contributed by atoms with E-state index >= 15 is 0 Å². The molecular weight excluding hydrogens is 232 g/mol. The van der Waals surface area contributed by atoms with E-state index in [0.717, 1.165) is 11.1 Å². The van der Waals surface area contributed by atoms with Crippen LogP contribution in [0.25, 0.3) is 0 Å². The molecule has 0 radical (unpaired) electrons. The van der Waals surface area contributed by atoms with Gasteiger partial charge in [-0.25, -0.2) is 0 Å². The van der Waals surface area contributed by atoms with Gasteiger partial charge in [-0.2, -0.15) is 5.26 Å². The Bertz CT molecular complexity index is 569. The van der Waals surface area contributed by atoms with E-state index in [4.69, 9.17) is 0 Å². The van der Waals surface area contributed by atoms with Gasteiger partial charge < -0.3 is 0 Å². The summed E-state index contributed by atoms with van der Waals surface area (Å²) in [6, 6.07) is 20.4. The van der Waals surface area contributed by atoms with Crippen molar-refractivity contribution in [3.63, 3.8) is 0 Å². The third-order valence-electron chi connectivity index (χ3n) is 3.34. The molecule has 0 aliphatic carbocycles. The van der Waals surface area contributed by atoms with Crippen LogP contribution < -0.4 is 5.32 Å². The van der Waals surface area contributed by atoms with Gasteiger partial charge in [0.05, 0.1) is 6.07 Å². The van der Waals surface area contributed by atoms with Crippen LogP contribution in [-0.4, -0.2) is 0 Å². The average molecular weight is 250 g/mol. The second-order valence-corrected chi connectivity index (χ2v) is 4.72. The first-order valence-electron chi connectivity index (χ1n) is 6.48. The minimum absolute atomic E-state index is 0.144. The van der Waals surface area contributed by atoms with Crippen molar-refractivity contribution in [2.24, 2.45) is 0 Å². The minimum Gasteiger partial charge on any atom is -0.292 e. The molecular formula is C17H18N2. The predicted molar refractivity (Wildman–Crippen MR) is 77.5 cm³/mol. The minimum atomic E-state index is -0.281. The van der Waals surface area contributed by atoms with Gasteiger partial charge in [0.2, 0.25) is 0 Å². The molecule has 96 valence electrons. The van der Waals surface area contributed by atoms with E-state index in [0.29, 0.717) is 0 Å². The zero-order chi connectivity index (χ0) is 13.7. The average Bonchev–Trinajstić information content (AvgIpc) is 2.46. The van der Waals surface area contributed by atoms with Gasteiger partial charge in [-0.15, -0.1) is 0 Å². The number of nitrogens with one attached hydrogen (secondary N) is 1. The molecule has 2 aromatic carbocycles. The molecule has 2 heteroatoms. The van der Waals surface area contributed by atoms with Crippen molar-refractivity contribution in [1.82, 2.24) is 5.32 Å². The molecule has 0 spiro atoms. The SMILES string of the molecule is Cc1ccccc1C(C#N)NC(C)c1ccccc1. The Hall–Kier alpha value is -2.11. The van der Waals surface area contributed by atoms with Crippen molar-refractivity contribution >= 4 is 0 Å². The molecule has 0 saturated carbocycles. The third-order valence-corrected chi connectivity index (χ3v) is 3.34.